The lowest BCUT2D eigenvalue weighted by molar-refractivity contribution is 0.145. The third-order valence-electron chi connectivity index (χ3n) is 4.29. The fourth-order valence-corrected chi connectivity index (χ4v) is 3.23. The molecule has 0 saturated carbocycles. The molecular formula is C16H17BrN4O2. The molecule has 120 valence electrons. The van der Waals surface area contributed by atoms with Crippen LogP contribution >= 0.6 is 15.9 Å². The summed E-state index contributed by atoms with van der Waals surface area (Å²) in [4.78, 5) is 13.8. The molecule has 1 aliphatic heterocycles. The number of furan rings is 1. The zero-order valence-electron chi connectivity index (χ0n) is 12.8. The highest BCUT2D eigenvalue weighted by Gasteiger charge is 2.17. The van der Waals surface area contributed by atoms with E-state index in [4.69, 9.17) is 4.42 Å². The van der Waals surface area contributed by atoms with Gasteiger partial charge in [-0.05, 0) is 29.0 Å². The number of aromatic hydroxyl groups is 1. The van der Waals surface area contributed by atoms with Gasteiger partial charge in [-0.2, -0.15) is 0 Å². The van der Waals surface area contributed by atoms with Gasteiger partial charge in [-0.25, -0.2) is 9.97 Å². The van der Waals surface area contributed by atoms with Crippen LogP contribution in [0.1, 0.15) is 5.82 Å². The van der Waals surface area contributed by atoms with E-state index in [0.717, 1.165) is 49.5 Å². The second-order valence-corrected chi connectivity index (χ2v) is 6.83. The first-order valence-corrected chi connectivity index (χ1v) is 8.37. The highest BCUT2D eigenvalue weighted by Crippen LogP contribution is 2.34. The van der Waals surface area contributed by atoms with Crippen LogP contribution in [-0.4, -0.2) is 58.1 Å². The van der Waals surface area contributed by atoms with Crippen LogP contribution in [0.4, 0.5) is 0 Å². The third-order valence-corrected chi connectivity index (χ3v) is 4.93. The predicted octanol–water partition coefficient (Wildman–Crippen LogP) is 2.59. The van der Waals surface area contributed by atoms with Gasteiger partial charge in [0.15, 0.2) is 5.58 Å². The van der Waals surface area contributed by atoms with Gasteiger partial charge in [-0.3, -0.25) is 4.90 Å². The summed E-state index contributed by atoms with van der Waals surface area (Å²) >= 11 is 3.34. The molecular weight excluding hydrogens is 360 g/mol. The molecule has 6 nitrogen and oxygen atoms in total. The van der Waals surface area contributed by atoms with Crippen molar-refractivity contribution in [2.75, 3.05) is 33.2 Å². The van der Waals surface area contributed by atoms with Crippen molar-refractivity contribution in [3.63, 3.8) is 0 Å². The lowest BCUT2D eigenvalue weighted by Crippen LogP contribution is -2.44. The Bertz CT molecular complexity index is 871. The largest absolute Gasteiger partial charge is 0.507 e. The molecule has 1 aliphatic rings. The molecule has 1 N–H and O–H groups in total. The van der Waals surface area contributed by atoms with E-state index >= 15 is 0 Å². The van der Waals surface area contributed by atoms with E-state index in [-0.39, 0.29) is 5.75 Å². The normalized spacial score (nSPS) is 17.3. The molecule has 0 spiro atoms. The van der Waals surface area contributed by atoms with Gasteiger partial charge in [0.05, 0.1) is 17.2 Å². The Kier molecular flexibility index (Phi) is 3.71. The number of halogens is 1. The highest BCUT2D eigenvalue weighted by molar-refractivity contribution is 9.10. The molecule has 1 saturated heterocycles. The van der Waals surface area contributed by atoms with Crippen LogP contribution in [0.5, 0.6) is 5.75 Å². The summed E-state index contributed by atoms with van der Waals surface area (Å²) in [6.45, 7) is 4.95. The van der Waals surface area contributed by atoms with Gasteiger partial charge in [-0.1, -0.05) is 0 Å². The number of hydrogen-bond acceptors (Lipinski definition) is 6. The SMILES string of the molecule is CN1CCN(Cc2ncc3oc4cc(O)c(Br)cc4c3n2)CC1. The number of phenolic OH excluding ortho intramolecular Hbond substituents is 1. The first-order valence-electron chi connectivity index (χ1n) is 7.58. The second kappa shape index (κ2) is 5.74. The fourth-order valence-electron chi connectivity index (χ4n) is 2.89. The molecule has 0 unspecified atom stereocenters. The molecule has 0 bridgehead atoms. The first kappa shape index (κ1) is 14.9. The van der Waals surface area contributed by atoms with Gasteiger partial charge >= 0.3 is 0 Å². The van der Waals surface area contributed by atoms with Crippen molar-refractivity contribution in [3.8, 4) is 5.75 Å². The smallest absolute Gasteiger partial charge is 0.172 e. The minimum atomic E-state index is 0.155. The van der Waals surface area contributed by atoms with Crippen molar-refractivity contribution < 1.29 is 9.52 Å². The molecule has 23 heavy (non-hydrogen) atoms. The van der Waals surface area contributed by atoms with Crippen molar-refractivity contribution >= 4 is 38.0 Å². The number of fused-ring (bicyclic) bond motifs is 3. The average Bonchev–Trinajstić information content (AvgIpc) is 2.87. The molecule has 2 aromatic heterocycles. The number of rotatable bonds is 2. The Morgan fingerprint density at radius 2 is 2.00 bits per heavy atom. The van der Waals surface area contributed by atoms with Crippen molar-refractivity contribution in [2.24, 2.45) is 0 Å². The maximum atomic E-state index is 9.78. The van der Waals surface area contributed by atoms with Crippen LogP contribution < -0.4 is 0 Å². The van der Waals surface area contributed by atoms with Gasteiger partial charge in [-0.15, -0.1) is 0 Å². The molecule has 0 amide bonds. The Morgan fingerprint density at radius 1 is 1.22 bits per heavy atom. The quantitative estimate of drug-likeness (QED) is 0.741. The zero-order chi connectivity index (χ0) is 16.0. The predicted molar refractivity (Wildman–Crippen MR) is 91.4 cm³/mol. The van der Waals surface area contributed by atoms with Gasteiger partial charge < -0.3 is 14.4 Å². The van der Waals surface area contributed by atoms with Crippen molar-refractivity contribution in [2.45, 2.75) is 6.54 Å². The molecule has 0 atom stereocenters. The number of likely N-dealkylation sites (N-methyl/N-ethyl adjacent to an activating group) is 1. The first-order chi connectivity index (χ1) is 11.1. The van der Waals surface area contributed by atoms with E-state index in [1.165, 1.54) is 0 Å². The fraction of sp³-hybridized carbons (Fsp3) is 0.375. The van der Waals surface area contributed by atoms with E-state index in [1.807, 2.05) is 6.07 Å². The van der Waals surface area contributed by atoms with Crippen LogP contribution in [0.15, 0.2) is 27.2 Å². The van der Waals surface area contributed by atoms with E-state index in [0.29, 0.717) is 15.6 Å². The Labute approximate surface area is 141 Å². The van der Waals surface area contributed by atoms with Crippen molar-refractivity contribution in [1.29, 1.82) is 0 Å². The van der Waals surface area contributed by atoms with Gasteiger partial charge in [0.25, 0.3) is 0 Å². The molecule has 0 radical (unpaired) electrons. The van der Waals surface area contributed by atoms with E-state index in [9.17, 15) is 5.11 Å². The average molecular weight is 377 g/mol. The molecule has 1 fully saturated rings. The molecule has 7 heteroatoms. The van der Waals surface area contributed by atoms with E-state index in [2.05, 4.69) is 42.7 Å². The van der Waals surface area contributed by atoms with Gasteiger partial charge in [0.1, 0.15) is 22.7 Å². The molecule has 4 rings (SSSR count). The number of hydrogen-bond donors (Lipinski definition) is 1. The molecule has 3 aromatic rings. The number of phenols is 1. The monoisotopic (exact) mass is 376 g/mol. The van der Waals surface area contributed by atoms with Crippen molar-refractivity contribution in [1.82, 2.24) is 19.8 Å². The molecule has 1 aromatic carbocycles. The summed E-state index contributed by atoms with van der Waals surface area (Å²) in [5, 5.41) is 10.7. The lowest BCUT2D eigenvalue weighted by Gasteiger charge is -2.31. The topological polar surface area (TPSA) is 65.6 Å². The van der Waals surface area contributed by atoms with E-state index < -0.39 is 0 Å². The summed E-state index contributed by atoms with van der Waals surface area (Å²) < 4.78 is 6.35. The summed E-state index contributed by atoms with van der Waals surface area (Å²) in [6, 6.07) is 3.43. The number of aromatic nitrogens is 2. The minimum Gasteiger partial charge on any atom is -0.507 e. The maximum absolute atomic E-state index is 9.78. The molecule has 0 aliphatic carbocycles. The van der Waals surface area contributed by atoms with Crippen LogP contribution in [0.2, 0.25) is 0 Å². The zero-order valence-corrected chi connectivity index (χ0v) is 14.4. The van der Waals surface area contributed by atoms with Gasteiger partial charge in [0, 0.05) is 37.6 Å². The summed E-state index contributed by atoms with van der Waals surface area (Å²) in [7, 11) is 2.14. The van der Waals surface area contributed by atoms with Crippen LogP contribution in [0, 0.1) is 0 Å². The Morgan fingerprint density at radius 3 is 2.78 bits per heavy atom. The van der Waals surface area contributed by atoms with Crippen LogP contribution in [0.25, 0.3) is 22.1 Å². The van der Waals surface area contributed by atoms with Crippen LogP contribution in [-0.2, 0) is 6.54 Å². The highest BCUT2D eigenvalue weighted by atomic mass is 79.9. The standard InChI is InChI=1S/C16H17BrN4O2/c1-20-2-4-21(5-3-20)9-15-18-8-14-16(19-15)10-6-11(17)12(22)7-13(10)23-14/h6-8,22H,2-5,9H2,1H3. The van der Waals surface area contributed by atoms with Gasteiger partial charge in [0.2, 0.25) is 0 Å². The number of nitrogens with zero attached hydrogens (tertiary/aromatic N) is 4. The summed E-state index contributed by atoms with van der Waals surface area (Å²) in [5.74, 6) is 0.955. The Hall–Kier alpha value is -1.70. The van der Waals surface area contributed by atoms with Crippen LogP contribution in [0.3, 0.4) is 0 Å². The third kappa shape index (κ3) is 2.80. The minimum absolute atomic E-state index is 0.155. The lowest BCUT2D eigenvalue weighted by atomic mass is 10.2. The number of piperazine rings is 1. The molecule has 3 heterocycles. The van der Waals surface area contributed by atoms with E-state index in [1.54, 1.807) is 12.3 Å². The van der Waals surface area contributed by atoms with Crippen molar-refractivity contribution in [3.05, 3.63) is 28.6 Å². The number of benzene rings is 1. The Balaban J connectivity index is 1.69. The summed E-state index contributed by atoms with van der Waals surface area (Å²) in [5.41, 5.74) is 2.05. The maximum Gasteiger partial charge on any atom is 0.172 e. The second-order valence-electron chi connectivity index (χ2n) is 5.98. The summed E-state index contributed by atoms with van der Waals surface area (Å²) in [6.07, 6.45) is 1.72.